The van der Waals surface area contributed by atoms with Crippen molar-refractivity contribution >= 4 is 0 Å². The third kappa shape index (κ3) is 3.54. The Balaban J connectivity index is 3.79. The highest BCUT2D eigenvalue weighted by molar-refractivity contribution is 4.77. The van der Waals surface area contributed by atoms with Crippen LogP contribution in [0, 0.1) is 11.8 Å². The van der Waals surface area contributed by atoms with E-state index in [1.165, 1.54) is 0 Å². The van der Waals surface area contributed by atoms with Crippen LogP contribution < -0.4 is 0 Å². The number of aliphatic hydroxyl groups excluding tert-OH is 2. The zero-order chi connectivity index (χ0) is 8.85. The van der Waals surface area contributed by atoms with Crippen LogP contribution >= 0.6 is 0 Å². The van der Waals surface area contributed by atoms with Gasteiger partial charge in [-0.1, -0.05) is 19.9 Å². The van der Waals surface area contributed by atoms with Crippen LogP contribution in [0.25, 0.3) is 0 Å². The van der Waals surface area contributed by atoms with Gasteiger partial charge in [0.1, 0.15) is 0 Å². The summed E-state index contributed by atoms with van der Waals surface area (Å²) in [7, 11) is 0. The summed E-state index contributed by atoms with van der Waals surface area (Å²) in [5, 5.41) is 18.2. The molecule has 0 bridgehead atoms. The molecule has 2 N–H and O–H groups in total. The van der Waals surface area contributed by atoms with E-state index >= 15 is 0 Å². The summed E-state index contributed by atoms with van der Waals surface area (Å²) in [6.45, 7) is 7.43. The Morgan fingerprint density at radius 1 is 1.36 bits per heavy atom. The van der Waals surface area contributed by atoms with E-state index < -0.39 is 6.10 Å². The maximum atomic E-state index is 9.51. The highest BCUT2D eigenvalue weighted by Crippen LogP contribution is 2.15. The van der Waals surface area contributed by atoms with Gasteiger partial charge in [-0.15, -0.1) is 6.58 Å². The van der Waals surface area contributed by atoms with Crippen molar-refractivity contribution in [1.29, 1.82) is 0 Å². The number of hydrogen-bond donors (Lipinski definition) is 2. The SMILES string of the molecule is C=CC[C@@H](C)[C@H](O)[C@H](C)CO. The highest BCUT2D eigenvalue weighted by atomic mass is 16.3. The molecule has 3 atom stereocenters. The third-order valence-corrected chi connectivity index (χ3v) is 1.99. The molecule has 0 fully saturated rings. The van der Waals surface area contributed by atoms with E-state index in [4.69, 9.17) is 5.11 Å². The van der Waals surface area contributed by atoms with Crippen LogP contribution in [0.4, 0.5) is 0 Å². The smallest absolute Gasteiger partial charge is 0.0616 e. The molecule has 0 aromatic rings. The molecule has 0 aromatic carbocycles. The Bertz CT molecular complexity index is 112. The van der Waals surface area contributed by atoms with Gasteiger partial charge < -0.3 is 10.2 Å². The molecule has 0 saturated carbocycles. The standard InChI is InChI=1S/C9H18O2/c1-4-5-7(2)9(11)8(3)6-10/h4,7-11H,1,5-6H2,2-3H3/t7-,8-,9+/m1/s1. The van der Waals surface area contributed by atoms with Crippen molar-refractivity contribution in [1.82, 2.24) is 0 Å². The monoisotopic (exact) mass is 158 g/mol. The van der Waals surface area contributed by atoms with Gasteiger partial charge in [-0.2, -0.15) is 0 Å². The van der Waals surface area contributed by atoms with E-state index in [0.717, 1.165) is 6.42 Å². The zero-order valence-corrected chi connectivity index (χ0v) is 7.33. The molecule has 0 aliphatic heterocycles. The molecule has 0 saturated heterocycles. The van der Waals surface area contributed by atoms with Gasteiger partial charge in [-0.05, 0) is 12.3 Å². The minimum Gasteiger partial charge on any atom is -0.396 e. The molecular weight excluding hydrogens is 140 g/mol. The number of allylic oxidation sites excluding steroid dienone is 1. The first-order valence-corrected chi connectivity index (χ1v) is 4.03. The van der Waals surface area contributed by atoms with Crippen LogP contribution in [0.5, 0.6) is 0 Å². The molecule has 0 aliphatic rings. The Kier molecular flexibility index (Phi) is 5.16. The van der Waals surface area contributed by atoms with Crippen molar-refractivity contribution in [2.75, 3.05) is 6.61 Å². The third-order valence-electron chi connectivity index (χ3n) is 1.99. The summed E-state index contributed by atoms with van der Waals surface area (Å²) < 4.78 is 0. The van der Waals surface area contributed by atoms with E-state index in [2.05, 4.69) is 6.58 Å². The van der Waals surface area contributed by atoms with Crippen LogP contribution in [0.3, 0.4) is 0 Å². The molecule has 0 unspecified atom stereocenters. The quantitative estimate of drug-likeness (QED) is 0.590. The fourth-order valence-electron chi connectivity index (χ4n) is 1.07. The molecule has 0 rings (SSSR count). The fourth-order valence-corrected chi connectivity index (χ4v) is 1.07. The molecular formula is C9H18O2. The molecule has 0 spiro atoms. The summed E-state index contributed by atoms with van der Waals surface area (Å²) in [6, 6.07) is 0. The lowest BCUT2D eigenvalue weighted by Gasteiger charge is -2.22. The molecule has 0 radical (unpaired) electrons. The lowest BCUT2D eigenvalue weighted by atomic mass is 9.92. The second-order valence-electron chi connectivity index (χ2n) is 3.15. The fraction of sp³-hybridized carbons (Fsp3) is 0.778. The highest BCUT2D eigenvalue weighted by Gasteiger charge is 2.18. The second kappa shape index (κ2) is 5.33. The van der Waals surface area contributed by atoms with Gasteiger partial charge in [0.15, 0.2) is 0 Å². The normalized spacial score (nSPS) is 18.9. The molecule has 66 valence electrons. The minimum atomic E-state index is -0.419. The van der Waals surface area contributed by atoms with Gasteiger partial charge in [0.05, 0.1) is 6.10 Å². The summed E-state index contributed by atoms with van der Waals surface area (Å²) in [4.78, 5) is 0. The number of rotatable bonds is 5. The Morgan fingerprint density at radius 2 is 1.91 bits per heavy atom. The molecule has 0 aliphatic carbocycles. The first-order chi connectivity index (χ1) is 5.13. The molecule has 2 heteroatoms. The minimum absolute atomic E-state index is 0.0371. The van der Waals surface area contributed by atoms with Crippen molar-refractivity contribution in [2.24, 2.45) is 11.8 Å². The lowest BCUT2D eigenvalue weighted by Crippen LogP contribution is -2.27. The Morgan fingerprint density at radius 3 is 2.27 bits per heavy atom. The lowest BCUT2D eigenvalue weighted by molar-refractivity contribution is 0.0377. The Labute approximate surface area is 68.6 Å². The van der Waals surface area contributed by atoms with Crippen LogP contribution in [0.1, 0.15) is 20.3 Å². The molecule has 0 aromatic heterocycles. The molecule has 0 amide bonds. The van der Waals surface area contributed by atoms with E-state index in [9.17, 15) is 5.11 Å². The van der Waals surface area contributed by atoms with Gasteiger partial charge in [0.25, 0.3) is 0 Å². The predicted octanol–water partition coefficient (Wildman–Crippen LogP) is 1.19. The summed E-state index contributed by atoms with van der Waals surface area (Å²) in [5.41, 5.74) is 0. The van der Waals surface area contributed by atoms with Crippen LogP contribution in [0.15, 0.2) is 12.7 Å². The molecule has 0 heterocycles. The maximum Gasteiger partial charge on any atom is 0.0616 e. The Hall–Kier alpha value is -0.340. The number of hydrogen-bond acceptors (Lipinski definition) is 2. The average molecular weight is 158 g/mol. The van der Waals surface area contributed by atoms with Crippen molar-refractivity contribution in [3.05, 3.63) is 12.7 Å². The first kappa shape index (κ1) is 10.7. The number of aliphatic hydroxyl groups is 2. The zero-order valence-electron chi connectivity index (χ0n) is 7.33. The summed E-state index contributed by atoms with van der Waals surface area (Å²) in [5.74, 6) is 0.152. The second-order valence-corrected chi connectivity index (χ2v) is 3.15. The summed E-state index contributed by atoms with van der Waals surface area (Å²) >= 11 is 0. The van der Waals surface area contributed by atoms with Crippen molar-refractivity contribution in [3.63, 3.8) is 0 Å². The molecule has 11 heavy (non-hydrogen) atoms. The van der Waals surface area contributed by atoms with Crippen molar-refractivity contribution in [2.45, 2.75) is 26.4 Å². The average Bonchev–Trinajstić information content (AvgIpc) is 2.02. The first-order valence-electron chi connectivity index (χ1n) is 4.03. The van der Waals surface area contributed by atoms with Crippen molar-refractivity contribution in [3.8, 4) is 0 Å². The van der Waals surface area contributed by atoms with Crippen molar-refractivity contribution < 1.29 is 10.2 Å². The van der Waals surface area contributed by atoms with Gasteiger partial charge in [-0.3, -0.25) is 0 Å². The maximum absolute atomic E-state index is 9.51. The van der Waals surface area contributed by atoms with Gasteiger partial charge in [0.2, 0.25) is 0 Å². The van der Waals surface area contributed by atoms with Gasteiger partial charge in [0, 0.05) is 12.5 Å². The van der Waals surface area contributed by atoms with E-state index in [1.807, 2.05) is 13.8 Å². The predicted molar refractivity (Wildman–Crippen MR) is 46.2 cm³/mol. The largest absolute Gasteiger partial charge is 0.396 e. The van der Waals surface area contributed by atoms with Crippen LogP contribution in [-0.4, -0.2) is 22.9 Å². The van der Waals surface area contributed by atoms with Gasteiger partial charge >= 0.3 is 0 Å². The van der Waals surface area contributed by atoms with Gasteiger partial charge in [-0.25, -0.2) is 0 Å². The van der Waals surface area contributed by atoms with Crippen LogP contribution in [0.2, 0.25) is 0 Å². The van der Waals surface area contributed by atoms with E-state index in [-0.39, 0.29) is 18.4 Å². The van der Waals surface area contributed by atoms with Crippen LogP contribution in [-0.2, 0) is 0 Å². The molecule has 2 nitrogen and oxygen atoms in total. The summed E-state index contributed by atoms with van der Waals surface area (Å²) in [6.07, 6.45) is 2.17. The topological polar surface area (TPSA) is 40.5 Å². The van der Waals surface area contributed by atoms with E-state index in [1.54, 1.807) is 6.08 Å². The van der Waals surface area contributed by atoms with E-state index in [0.29, 0.717) is 0 Å².